The molecule has 2 aliphatic rings. The van der Waals surface area contributed by atoms with Crippen molar-refractivity contribution in [2.75, 3.05) is 26.2 Å². The van der Waals surface area contributed by atoms with E-state index in [1.807, 2.05) is 33.8 Å². The van der Waals surface area contributed by atoms with Gasteiger partial charge in [0.1, 0.15) is 0 Å². The van der Waals surface area contributed by atoms with Crippen LogP contribution in [0, 0.1) is 39.5 Å². The molecule has 1 heterocycles. The summed E-state index contributed by atoms with van der Waals surface area (Å²) in [5.74, 6) is -0.0470. The fourth-order valence-corrected chi connectivity index (χ4v) is 7.13. The zero-order chi connectivity index (χ0) is 24.2. The molecule has 8 heteroatoms. The van der Waals surface area contributed by atoms with E-state index < -0.39 is 10.0 Å². The van der Waals surface area contributed by atoms with Crippen molar-refractivity contribution in [2.45, 2.75) is 77.5 Å². The van der Waals surface area contributed by atoms with Gasteiger partial charge < -0.3 is 10.6 Å². The predicted octanol–water partition coefficient (Wildman–Crippen LogP) is 3.13. The quantitative estimate of drug-likeness (QED) is 0.590. The maximum atomic E-state index is 13.4. The highest BCUT2D eigenvalue weighted by Gasteiger charge is 2.34. The van der Waals surface area contributed by atoms with Gasteiger partial charge in [0.2, 0.25) is 21.8 Å². The number of carbonyl (C=O) groups excluding carboxylic acids is 2. The topological polar surface area (TPSA) is 95.6 Å². The number of benzene rings is 1. The third-order valence-corrected chi connectivity index (χ3v) is 9.59. The predicted molar refractivity (Wildman–Crippen MR) is 129 cm³/mol. The number of rotatable bonds is 7. The molecule has 1 aliphatic carbocycles. The van der Waals surface area contributed by atoms with Gasteiger partial charge in [0.05, 0.1) is 4.90 Å². The average molecular weight is 478 g/mol. The summed E-state index contributed by atoms with van der Waals surface area (Å²) >= 11 is 0. The van der Waals surface area contributed by atoms with Gasteiger partial charge in [-0.15, -0.1) is 0 Å². The summed E-state index contributed by atoms with van der Waals surface area (Å²) in [4.78, 5) is 25.2. The Labute approximate surface area is 198 Å². The van der Waals surface area contributed by atoms with Gasteiger partial charge in [0.25, 0.3) is 0 Å². The van der Waals surface area contributed by atoms with E-state index in [1.165, 1.54) is 10.7 Å². The highest BCUT2D eigenvalue weighted by molar-refractivity contribution is 7.89. The number of carbonyl (C=O) groups is 2. The van der Waals surface area contributed by atoms with Gasteiger partial charge >= 0.3 is 0 Å². The van der Waals surface area contributed by atoms with E-state index >= 15 is 0 Å². The lowest BCUT2D eigenvalue weighted by molar-refractivity contribution is -0.127. The Hall–Kier alpha value is -1.93. The fourth-order valence-electron chi connectivity index (χ4n) is 5.08. The number of hydrogen-bond acceptors (Lipinski definition) is 4. The van der Waals surface area contributed by atoms with Crippen LogP contribution in [0.1, 0.15) is 67.2 Å². The first-order chi connectivity index (χ1) is 15.6. The van der Waals surface area contributed by atoms with Crippen LogP contribution < -0.4 is 10.6 Å². The van der Waals surface area contributed by atoms with Gasteiger partial charge in [-0.2, -0.15) is 4.31 Å². The first-order valence-corrected chi connectivity index (χ1v) is 13.7. The zero-order valence-electron chi connectivity index (χ0n) is 20.5. The van der Waals surface area contributed by atoms with E-state index in [2.05, 4.69) is 10.6 Å². The van der Waals surface area contributed by atoms with Crippen molar-refractivity contribution in [1.82, 2.24) is 14.9 Å². The first-order valence-electron chi connectivity index (χ1n) is 12.3. The van der Waals surface area contributed by atoms with E-state index in [1.54, 1.807) is 0 Å². The minimum atomic E-state index is -3.60. The molecule has 0 aromatic heterocycles. The van der Waals surface area contributed by atoms with Crippen molar-refractivity contribution in [3.8, 4) is 0 Å². The van der Waals surface area contributed by atoms with Gasteiger partial charge in [-0.05, 0) is 75.6 Å². The van der Waals surface area contributed by atoms with Crippen molar-refractivity contribution in [3.63, 3.8) is 0 Å². The maximum Gasteiger partial charge on any atom is 0.243 e. The van der Waals surface area contributed by atoms with Crippen LogP contribution in [-0.2, 0) is 19.6 Å². The molecule has 1 aromatic carbocycles. The van der Waals surface area contributed by atoms with Crippen LogP contribution in [0.2, 0.25) is 0 Å². The largest absolute Gasteiger partial charge is 0.354 e. The highest BCUT2D eigenvalue weighted by Crippen LogP contribution is 2.31. The molecule has 2 amide bonds. The van der Waals surface area contributed by atoms with Gasteiger partial charge in [-0.3, -0.25) is 9.59 Å². The Balaban J connectivity index is 1.48. The second kappa shape index (κ2) is 11.0. The van der Waals surface area contributed by atoms with E-state index in [-0.39, 0.29) is 23.7 Å². The molecule has 0 spiro atoms. The van der Waals surface area contributed by atoms with Crippen LogP contribution in [0.25, 0.3) is 0 Å². The molecule has 0 bridgehead atoms. The highest BCUT2D eigenvalue weighted by atomic mass is 32.2. The van der Waals surface area contributed by atoms with Gasteiger partial charge in [0, 0.05) is 38.0 Å². The third-order valence-electron chi connectivity index (χ3n) is 7.42. The van der Waals surface area contributed by atoms with Crippen LogP contribution in [-0.4, -0.2) is 50.7 Å². The second-order valence-corrected chi connectivity index (χ2v) is 11.6. The molecule has 2 fully saturated rings. The van der Waals surface area contributed by atoms with Crippen LogP contribution in [0.5, 0.6) is 0 Å². The Morgan fingerprint density at radius 1 is 0.818 bits per heavy atom. The molecule has 33 heavy (non-hydrogen) atoms. The molecule has 1 saturated carbocycles. The Kier molecular flexibility index (Phi) is 8.56. The lowest BCUT2D eigenvalue weighted by Crippen LogP contribution is -2.44. The summed E-state index contributed by atoms with van der Waals surface area (Å²) in [6.07, 6.45) is 6.37. The molecule has 3 rings (SSSR count). The second-order valence-electron chi connectivity index (χ2n) is 9.68. The smallest absolute Gasteiger partial charge is 0.243 e. The number of aryl methyl sites for hydroxylation is 2. The molecule has 1 aromatic rings. The Bertz CT molecular complexity index is 950. The van der Waals surface area contributed by atoms with E-state index in [4.69, 9.17) is 0 Å². The molecule has 1 aliphatic heterocycles. The van der Waals surface area contributed by atoms with Crippen LogP contribution in [0.15, 0.2) is 11.0 Å². The lowest BCUT2D eigenvalue weighted by Gasteiger charge is -2.32. The number of hydrogen-bond donors (Lipinski definition) is 2. The number of nitrogens with one attached hydrogen (secondary N) is 2. The van der Waals surface area contributed by atoms with Crippen molar-refractivity contribution in [3.05, 3.63) is 28.3 Å². The zero-order valence-corrected chi connectivity index (χ0v) is 21.3. The molecule has 1 saturated heterocycles. The number of nitrogens with zero attached hydrogens (tertiary/aromatic N) is 1. The molecule has 0 atom stereocenters. The van der Waals surface area contributed by atoms with Crippen LogP contribution >= 0.6 is 0 Å². The summed E-state index contributed by atoms with van der Waals surface area (Å²) in [6.45, 7) is 9.11. The minimum absolute atomic E-state index is 0.0577. The molecular formula is C25H39N3O4S. The van der Waals surface area contributed by atoms with Crippen molar-refractivity contribution in [1.29, 1.82) is 0 Å². The molecule has 184 valence electrons. The Morgan fingerprint density at radius 3 is 1.76 bits per heavy atom. The summed E-state index contributed by atoms with van der Waals surface area (Å²) < 4.78 is 28.3. The van der Waals surface area contributed by atoms with E-state index in [9.17, 15) is 18.0 Å². The van der Waals surface area contributed by atoms with Crippen molar-refractivity contribution < 1.29 is 18.0 Å². The molecule has 0 unspecified atom stereocenters. The van der Waals surface area contributed by atoms with Gasteiger partial charge in [-0.25, -0.2) is 8.42 Å². The monoisotopic (exact) mass is 477 g/mol. The van der Waals surface area contributed by atoms with E-state index in [0.717, 1.165) is 47.9 Å². The number of amides is 2. The SMILES string of the molecule is Cc1cc(C)c(C)c(S(=O)(=O)N2CCC(C(=O)NCCNC(=O)C3CCCCC3)CC2)c1C. The van der Waals surface area contributed by atoms with Crippen LogP contribution in [0.4, 0.5) is 0 Å². The molecule has 7 nitrogen and oxygen atoms in total. The van der Waals surface area contributed by atoms with Crippen molar-refractivity contribution >= 4 is 21.8 Å². The third kappa shape index (κ3) is 5.96. The first kappa shape index (κ1) is 25.7. The molecule has 2 N–H and O–H groups in total. The Morgan fingerprint density at radius 2 is 1.27 bits per heavy atom. The summed E-state index contributed by atoms with van der Waals surface area (Å²) in [7, 11) is -3.60. The minimum Gasteiger partial charge on any atom is -0.354 e. The number of sulfonamides is 1. The summed E-state index contributed by atoms with van der Waals surface area (Å²) in [5, 5.41) is 5.84. The van der Waals surface area contributed by atoms with Gasteiger partial charge in [0.15, 0.2) is 0 Å². The average Bonchev–Trinajstić information content (AvgIpc) is 2.81. The lowest BCUT2D eigenvalue weighted by atomic mass is 9.89. The van der Waals surface area contributed by atoms with Gasteiger partial charge in [-0.1, -0.05) is 25.3 Å². The van der Waals surface area contributed by atoms with Crippen LogP contribution in [0.3, 0.4) is 0 Å². The maximum absolute atomic E-state index is 13.4. The molecular weight excluding hydrogens is 438 g/mol. The summed E-state index contributed by atoms with van der Waals surface area (Å²) in [5.41, 5.74) is 3.55. The fraction of sp³-hybridized carbons (Fsp3) is 0.680. The normalized spacial score (nSPS) is 18.8. The van der Waals surface area contributed by atoms with E-state index in [0.29, 0.717) is 43.9 Å². The van der Waals surface area contributed by atoms with Crippen molar-refractivity contribution in [2.24, 2.45) is 11.8 Å². The number of piperidine rings is 1. The standard InChI is InChI=1S/C25H39N3O4S/c1-17-16-18(2)20(4)23(19(17)3)33(31,32)28-14-10-22(11-15-28)25(30)27-13-12-26-24(29)21-8-6-5-7-9-21/h16,21-22H,5-15H2,1-4H3,(H,26,29)(H,27,30). The molecule has 0 radical (unpaired) electrons. The summed E-state index contributed by atoms with van der Waals surface area (Å²) in [6, 6.07) is 2.03.